The average Bonchev–Trinajstić information content (AvgIpc) is 3.15. The minimum Gasteiger partial charge on any atom is -0.496 e. The van der Waals surface area contributed by atoms with E-state index in [4.69, 9.17) is 4.74 Å². The molecule has 2 aromatic carbocycles. The van der Waals surface area contributed by atoms with E-state index in [0.29, 0.717) is 11.0 Å². The van der Waals surface area contributed by atoms with E-state index in [9.17, 15) is 4.79 Å². The highest BCUT2D eigenvalue weighted by molar-refractivity contribution is 9.10. The lowest BCUT2D eigenvalue weighted by molar-refractivity contribution is -0.113. The lowest BCUT2D eigenvalue weighted by atomic mass is 10.1. The van der Waals surface area contributed by atoms with Gasteiger partial charge in [0.15, 0.2) is 5.82 Å². The van der Waals surface area contributed by atoms with Crippen LogP contribution in [0, 0.1) is 0 Å². The summed E-state index contributed by atoms with van der Waals surface area (Å²) in [6.07, 6.45) is 0.930. The Morgan fingerprint density at radius 2 is 2.15 bits per heavy atom. The molecule has 0 atom stereocenters. The predicted molar refractivity (Wildman–Crippen MR) is 111 cm³/mol. The molecule has 0 radical (unpaired) electrons. The molecule has 3 rings (SSSR count). The van der Waals surface area contributed by atoms with Crippen molar-refractivity contribution >= 4 is 39.3 Å². The Bertz CT molecular complexity index is 945. The summed E-state index contributed by atoms with van der Waals surface area (Å²) in [5, 5.41) is 10.5. The molecule has 1 aromatic heterocycles. The van der Waals surface area contributed by atoms with Gasteiger partial charge in [0.1, 0.15) is 5.75 Å². The summed E-state index contributed by atoms with van der Waals surface area (Å²) in [7, 11) is 1.62. The number of aromatic amines is 1. The average molecular weight is 447 g/mol. The third kappa shape index (κ3) is 5.11. The molecular weight excluding hydrogens is 428 g/mol. The van der Waals surface area contributed by atoms with Gasteiger partial charge in [-0.3, -0.25) is 9.89 Å². The predicted octanol–water partition coefficient (Wildman–Crippen LogP) is 4.54. The number of aryl methyl sites for hydroxylation is 1. The second-order valence-corrected chi connectivity index (χ2v) is 7.50. The standard InChI is InChI=1S/C19H19BrN4O2S/c1-3-12-5-4-6-14(9-12)21-17(25)11-27-19-22-18(23-24-19)13-7-8-16(26-2)15(20)10-13/h4-10H,3,11H2,1-2H3,(H,21,25)(H,22,23,24). The number of halogens is 1. The fraction of sp³-hybridized carbons (Fsp3) is 0.211. The van der Waals surface area contributed by atoms with E-state index in [1.807, 2.05) is 42.5 Å². The molecular formula is C19H19BrN4O2S. The molecule has 0 saturated carbocycles. The van der Waals surface area contributed by atoms with E-state index in [1.165, 1.54) is 17.3 Å². The molecule has 0 aliphatic carbocycles. The molecule has 0 aliphatic rings. The number of carbonyl (C=O) groups excluding carboxylic acids is 1. The normalized spacial score (nSPS) is 10.6. The Labute approximate surface area is 170 Å². The molecule has 6 nitrogen and oxygen atoms in total. The van der Waals surface area contributed by atoms with Crippen LogP contribution in [0.5, 0.6) is 5.75 Å². The van der Waals surface area contributed by atoms with Crippen molar-refractivity contribution in [3.8, 4) is 17.1 Å². The zero-order chi connectivity index (χ0) is 19.2. The summed E-state index contributed by atoms with van der Waals surface area (Å²) in [4.78, 5) is 16.6. The highest BCUT2D eigenvalue weighted by atomic mass is 79.9. The van der Waals surface area contributed by atoms with Crippen LogP contribution in [0.1, 0.15) is 12.5 Å². The van der Waals surface area contributed by atoms with Gasteiger partial charge in [0, 0.05) is 11.3 Å². The SMILES string of the molecule is CCc1cccc(NC(=O)CSc2n[nH]c(-c3ccc(OC)c(Br)c3)n2)c1. The molecule has 140 valence electrons. The lowest BCUT2D eigenvalue weighted by Crippen LogP contribution is -2.14. The molecule has 0 bridgehead atoms. The lowest BCUT2D eigenvalue weighted by Gasteiger charge is -2.05. The second kappa shape index (κ2) is 9.05. The van der Waals surface area contributed by atoms with Gasteiger partial charge in [0.05, 0.1) is 17.3 Å². The molecule has 0 fully saturated rings. The first-order valence-corrected chi connectivity index (χ1v) is 10.1. The zero-order valence-corrected chi connectivity index (χ0v) is 17.4. The smallest absolute Gasteiger partial charge is 0.234 e. The van der Waals surface area contributed by atoms with Crippen molar-refractivity contribution in [2.75, 3.05) is 18.2 Å². The minimum absolute atomic E-state index is 0.0909. The number of nitrogens with one attached hydrogen (secondary N) is 2. The van der Waals surface area contributed by atoms with Crippen LogP contribution in [0.2, 0.25) is 0 Å². The van der Waals surface area contributed by atoms with Crippen molar-refractivity contribution in [2.45, 2.75) is 18.5 Å². The third-order valence-electron chi connectivity index (χ3n) is 3.84. The number of thioether (sulfide) groups is 1. The van der Waals surface area contributed by atoms with E-state index in [2.05, 4.69) is 43.4 Å². The van der Waals surface area contributed by atoms with Gasteiger partial charge in [-0.15, -0.1) is 5.10 Å². The van der Waals surface area contributed by atoms with Crippen LogP contribution in [0.25, 0.3) is 11.4 Å². The van der Waals surface area contributed by atoms with E-state index >= 15 is 0 Å². The number of benzene rings is 2. The van der Waals surface area contributed by atoms with Gasteiger partial charge in [-0.25, -0.2) is 4.98 Å². The Morgan fingerprint density at radius 3 is 2.89 bits per heavy atom. The quantitative estimate of drug-likeness (QED) is 0.520. The van der Waals surface area contributed by atoms with Crippen molar-refractivity contribution in [2.24, 2.45) is 0 Å². The number of amides is 1. The number of hydrogen-bond donors (Lipinski definition) is 2. The summed E-state index contributed by atoms with van der Waals surface area (Å²) >= 11 is 4.74. The van der Waals surface area contributed by atoms with Crippen LogP contribution < -0.4 is 10.1 Å². The Morgan fingerprint density at radius 1 is 1.30 bits per heavy atom. The largest absolute Gasteiger partial charge is 0.496 e. The molecule has 3 aromatic rings. The number of hydrogen-bond acceptors (Lipinski definition) is 5. The van der Waals surface area contributed by atoms with Crippen LogP contribution in [-0.4, -0.2) is 34.0 Å². The third-order valence-corrected chi connectivity index (χ3v) is 5.31. The van der Waals surface area contributed by atoms with E-state index < -0.39 is 0 Å². The van der Waals surface area contributed by atoms with Crippen LogP contribution in [-0.2, 0) is 11.2 Å². The first-order chi connectivity index (χ1) is 13.1. The van der Waals surface area contributed by atoms with Crippen molar-refractivity contribution in [3.05, 3.63) is 52.5 Å². The number of H-pyrrole nitrogens is 1. The minimum atomic E-state index is -0.0909. The molecule has 1 heterocycles. The van der Waals surface area contributed by atoms with E-state index in [0.717, 1.165) is 27.9 Å². The van der Waals surface area contributed by atoms with Gasteiger partial charge in [-0.1, -0.05) is 30.8 Å². The molecule has 2 N–H and O–H groups in total. The maximum Gasteiger partial charge on any atom is 0.234 e. The van der Waals surface area contributed by atoms with Crippen molar-refractivity contribution in [3.63, 3.8) is 0 Å². The van der Waals surface area contributed by atoms with Gasteiger partial charge in [-0.05, 0) is 58.2 Å². The molecule has 1 amide bonds. The first-order valence-electron chi connectivity index (χ1n) is 8.37. The highest BCUT2D eigenvalue weighted by Gasteiger charge is 2.11. The van der Waals surface area contributed by atoms with Gasteiger partial charge in [0.2, 0.25) is 11.1 Å². The van der Waals surface area contributed by atoms with Gasteiger partial charge in [-0.2, -0.15) is 0 Å². The van der Waals surface area contributed by atoms with Crippen LogP contribution in [0.3, 0.4) is 0 Å². The number of nitrogens with zero attached hydrogens (tertiary/aromatic N) is 2. The number of anilines is 1. The number of ether oxygens (including phenoxy) is 1. The molecule has 8 heteroatoms. The number of rotatable bonds is 7. The van der Waals surface area contributed by atoms with Crippen LogP contribution >= 0.6 is 27.7 Å². The summed E-state index contributed by atoms with van der Waals surface area (Å²) in [5.74, 6) is 1.53. The van der Waals surface area contributed by atoms with E-state index in [-0.39, 0.29) is 11.7 Å². The number of aromatic nitrogens is 3. The monoisotopic (exact) mass is 446 g/mol. The fourth-order valence-electron chi connectivity index (χ4n) is 2.45. The Balaban J connectivity index is 1.59. The van der Waals surface area contributed by atoms with E-state index in [1.54, 1.807) is 7.11 Å². The van der Waals surface area contributed by atoms with Crippen molar-refractivity contribution in [1.29, 1.82) is 0 Å². The van der Waals surface area contributed by atoms with Crippen molar-refractivity contribution < 1.29 is 9.53 Å². The van der Waals surface area contributed by atoms with Gasteiger partial charge in [0.25, 0.3) is 0 Å². The molecule has 27 heavy (non-hydrogen) atoms. The molecule has 0 unspecified atom stereocenters. The highest BCUT2D eigenvalue weighted by Crippen LogP contribution is 2.29. The summed E-state index contributed by atoms with van der Waals surface area (Å²) in [5.41, 5.74) is 2.87. The zero-order valence-electron chi connectivity index (χ0n) is 15.0. The molecule has 0 spiro atoms. The first kappa shape index (κ1) is 19.4. The molecule has 0 saturated heterocycles. The van der Waals surface area contributed by atoms with Gasteiger partial charge < -0.3 is 10.1 Å². The molecule has 0 aliphatic heterocycles. The maximum absolute atomic E-state index is 12.2. The summed E-state index contributed by atoms with van der Waals surface area (Å²) < 4.78 is 6.06. The topological polar surface area (TPSA) is 79.9 Å². The Hall–Kier alpha value is -2.32. The van der Waals surface area contributed by atoms with Crippen molar-refractivity contribution in [1.82, 2.24) is 15.2 Å². The maximum atomic E-state index is 12.2. The number of carbonyl (C=O) groups is 1. The fourth-order valence-corrected chi connectivity index (χ4v) is 3.59. The summed E-state index contributed by atoms with van der Waals surface area (Å²) in [6, 6.07) is 13.5. The van der Waals surface area contributed by atoms with Crippen LogP contribution in [0.15, 0.2) is 52.1 Å². The second-order valence-electron chi connectivity index (χ2n) is 5.71. The van der Waals surface area contributed by atoms with Gasteiger partial charge >= 0.3 is 0 Å². The summed E-state index contributed by atoms with van der Waals surface area (Å²) in [6.45, 7) is 2.08. The number of methoxy groups -OCH3 is 1. The Kier molecular flexibility index (Phi) is 6.52. The van der Waals surface area contributed by atoms with Crippen LogP contribution in [0.4, 0.5) is 5.69 Å².